The minimum atomic E-state index is -0.525. The van der Waals surface area contributed by atoms with Crippen LogP contribution in [0, 0.1) is 30.6 Å². The zero-order valence-corrected chi connectivity index (χ0v) is 12.5. The van der Waals surface area contributed by atoms with Crippen molar-refractivity contribution >= 4 is 11.4 Å². The standard InChI is InChI=1S/C18H18FN3/c1-12-15(5-4-13-8-9-21-17(19)10-13)6-7-16(18(12)20)22-11-14-2-3-14/h6-10,14,22H,2-3,11,20H2,1H3. The maximum absolute atomic E-state index is 13.0. The van der Waals surface area contributed by atoms with Gasteiger partial charge in [-0.25, -0.2) is 4.98 Å². The van der Waals surface area contributed by atoms with Gasteiger partial charge in [-0.3, -0.25) is 0 Å². The molecule has 1 aliphatic rings. The monoisotopic (exact) mass is 295 g/mol. The highest BCUT2D eigenvalue weighted by atomic mass is 19.1. The summed E-state index contributed by atoms with van der Waals surface area (Å²) in [5.74, 6) is 6.26. The number of hydrogen-bond acceptors (Lipinski definition) is 3. The Bertz CT molecular complexity index is 755. The predicted octanol–water partition coefficient (Wildman–Crippen LogP) is 3.33. The summed E-state index contributed by atoms with van der Waals surface area (Å²) in [6.45, 7) is 2.93. The summed E-state index contributed by atoms with van der Waals surface area (Å²) in [4.78, 5) is 3.52. The summed E-state index contributed by atoms with van der Waals surface area (Å²) in [5, 5.41) is 3.39. The Kier molecular flexibility index (Phi) is 3.97. The number of hydrogen-bond donors (Lipinski definition) is 2. The fraction of sp³-hybridized carbons (Fsp3) is 0.278. The van der Waals surface area contributed by atoms with Crippen molar-refractivity contribution in [3.05, 3.63) is 53.1 Å². The molecular formula is C18H18FN3. The van der Waals surface area contributed by atoms with Gasteiger partial charge in [0, 0.05) is 29.9 Å². The van der Waals surface area contributed by atoms with Crippen LogP contribution in [0.15, 0.2) is 30.5 Å². The van der Waals surface area contributed by atoms with Crippen LogP contribution >= 0.6 is 0 Å². The third-order valence-electron chi connectivity index (χ3n) is 3.86. The molecule has 4 heteroatoms. The Labute approximate surface area is 129 Å². The Balaban J connectivity index is 1.81. The molecule has 2 aromatic rings. The molecule has 0 saturated heterocycles. The van der Waals surface area contributed by atoms with E-state index in [1.165, 1.54) is 25.1 Å². The van der Waals surface area contributed by atoms with Gasteiger partial charge in [0.1, 0.15) is 0 Å². The zero-order valence-electron chi connectivity index (χ0n) is 12.5. The summed E-state index contributed by atoms with van der Waals surface area (Å²) in [5.41, 5.74) is 10.3. The van der Waals surface area contributed by atoms with E-state index in [4.69, 9.17) is 5.73 Å². The lowest BCUT2D eigenvalue weighted by Gasteiger charge is -2.12. The van der Waals surface area contributed by atoms with Crippen molar-refractivity contribution in [2.75, 3.05) is 17.6 Å². The third kappa shape index (κ3) is 3.37. The SMILES string of the molecule is Cc1c(C#Cc2ccnc(F)c2)ccc(NCC2CC2)c1N. The van der Waals surface area contributed by atoms with E-state index in [9.17, 15) is 4.39 Å². The normalized spacial score (nSPS) is 13.4. The lowest BCUT2D eigenvalue weighted by molar-refractivity contribution is 0.583. The minimum absolute atomic E-state index is 0.525. The van der Waals surface area contributed by atoms with Crippen molar-refractivity contribution < 1.29 is 4.39 Å². The van der Waals surface area contributed by atoms with E-state index in [0.29, 0.717) is 5.56 Å². The van der Waals surface area contributed by atoms with Crippen LogP contribution in [0.5, 0.6) is 0 Å². The number of nitrogens with one attached hydrogen (secondary N) is 1. The smallest absolute Gasteiger partial charge is 0.214 e. The summed E-state index contributed by atoms with van der Waals surface area (Å²) in [6, 6.07) is 6.91. The Morgan fingerprint density at radius 2 is 2.14 bits per heavy atom. The molecular weight excluding hydrogens is 277 g/mol. The zero-order chi connectivity index (χ0) is 15.5. The number of pyridine rings is 1. The van der Waals surface area contributed by atoms with Gasteiger partial charge < -0.3 is 11.1 Å². The van der Waals surface area contributed by atoms with E-state index in [2.05, 4.69) is 22.1 Å². The molecule has 1 aromatic heterocycles. The molecule has 0 unspecified atom stereocenters. The van der Waals surface area contributed by atoms with Gasteiger partial charge >= 0.3 is 0 Å². The Morgan fingerprint density at radius 1 is 1.32 bits per heavy atom. The van der Waals surface area contributed by atoms with E-state index in [1.54, 1.807) is 6.07 Å². The first kappa shape index (κ1) is 14.4. The van der Waals surface area contributed by atoms with Gasteiger partial charge in [-0.15, -0.1) is 0 Å². The average molecular weight is 295 g/mol. The average Bonchev–Trinajstić information content (AvgIpc) is 3.32. The van der Waals surface area contributed by atoms with Crippen LogP contribution in [0.25, 0.3) is 0 Å². The van der Waals surface area contributed by atoms with Gasteiger partial charge in [0.25, 0.3) is 0 Å². The number of nitrogens with two attached hydrogens (primary N) is 1. The Morgan fingerprint density at radius 3 is 2.86 bits per heavy atom. The largest absolute Gasteiger partial charge is 0.397 e. The van der Waals surface area contributed by atoms with Gasteiger partial charge in [-0.05, 0) is 49.4 Å². The number of aromatic nitrogens is 1. The summed E-state index contributed by atoms with van der Waals surface area (Å²) in [7, 11) is 0. The van der Waals surface area contributed by atoms with Gasteiger partial charge in [0.2, 0.25) is 5.95 Å². The van der Waals surface area contributed by atoms with E-state index in [0.717, 1.165) is 35.0 Å². The first-order valence-corrected chi connectivity index (χ1v) is 7.40. The summed E-state index contributed by atoms with van der Waals surface area (Å²) in [6.07, 6.45) is 4.02. The molecule has 1 heterocycles. The first-order valence-electron chi connectivity index (χ1n) is 7.40. The molecule has 0 atom stereocenters. The number of nitrogens with zero attached hydrogens (tertiary/aromatic N) is 1. The van der Waals surface area contributed by atoms with Gasteiger partial charge in [0.05, 0.1) is 11.4 Å². The number of halogens is 1. The fourth-order valence-corrected chi connectivity index (χ4v) is 2.21. The molecule has 0 spiro atoms. The minimum Gasteiger partial charge on any atom is -0.397 e. The second-order valence-corrected chi connectivity index (χ2v) is 5.64. The van der Waals surface area contributed by atoms with E-state index < -0.39 is 5.95 Å². The summed E-state index contributed by atoms with van der Waals surface area (Å²) >= 11 is 0. The van der Waals surface area contributed by atoms with E-state index in [1.807, 2.05) is 19.1 Å². The van der Waals surface area contributed by atoms with Crippen LogP contribution in [0.2, 0.25) is 0 Å². The van der Waals surface area contributed by atoms with Crippen molar-refractivity contribution in [1.82, 2.24) is 4.98 Å². The lowest BCUT2D eigenvalue weighted by Crippen LogP contribution is -2.07. The molecule has 0 aliphatic heterocycles. The molecule has 1 saturated carbocycles. The highest BCUT2D eigenvalue weighted by molar-refractivity contribution is 5.73. The molecule has 1 aliphatic carbocycles. The van der Waals surface area contributed by atoms with Crippen LogP contribution in [-0.4, -0.2) is 11.5 Å². The predicted molar refractivity (Wildman–Crippen MR) is 87.0 cm³/mol. The number of anilines is 2. The first-order chi connectivity index (χ1) is 10.6. The maximum Gasteiger partial charge on any atom is 0.214 e. The molecule has 3 rings (SSSR count). The van der Waals surface area contributed by atoms with Gasteiger partial charge in [-0.2, -0.15) is 4.39 Å². The van der Waals surface area contributed by atoms with E-state index in [-0.39, 0.29) is 0 Å². The number of nitrogen functional groups attached to an aromatic ring is 1. The molecule has 1 fully saturated rings. The molecule has 0 bridgehead atoms. The van der Waals surface area contributed by atoms with Gasteiger partial charge in [0.15, 0.2) is 0 Å². The number of rotatable bonds is 3. The van der Waals surface area contributed by atoms with Gasteiger partial charge in [-0.1, -0.05) is 11.8 Å². The van der Waals surface area contributed by atoms with Crippen molar-refractivity contribution in [2.24, 2.45) is 5.92 Å². The van der Waals surface area contributed by atoms with Crippen LogP contribution < -0.4 is 11.1 Å². The topological polar surface area (TPSA) is 50.9 Å². The Hall–Kier alpha value is -2.54. The lowest BCUT2D eigenvalue weighted by atomic mass is 10.0. The molecule has 3 N–H and O–H groups in total. The van der Waals surface area contributed by atoms with Crippen molar-refractivity contribution in [1.29, 1.82) is 0 Å². The highest BCUT2D eigenvalue weighted by Crippen LogP contribution is 2.31. The van der Waals surface area contributed by atoms with Crippen LogP contribution in [0.1, 0.15) is 29.5 Å². The molecule has 3 nitrogen and oxygen atoms in total. The maximum atomic E-state index is 13.0. The van der Waals surface area contributed by atoms with Crippen LogP contribution in [-0.2, 0) is 0 Å². The third-order valence-corrected chi connectivity index (χ3v) is 3.86. The molecule has 1 aromatic carbocycles. The van der Waals surface area contributed by atoms with Crippen LogP contribution in [0.3, 0.4) is 0 Å². The summed E-state index contributed by atoms with van der Waals surface area (Å²) < 4.78 is 13.0. The molecule has 0 amide bonds. The van der Waals surface area contributed by atoms with Crippen molar-refractivity contribution in [3.63, 3.8) is 0 Å². The van der Waals surface area contributed by atoms with E-state index >= 15 is 0 Å². The van der Waals surface area contributed by atoms with Crippen LogP contribution in [0.4, 0.5) is 15.8 Å². The molecule has 112 valence electrons. The quantitative estimate of drug-likeness (QED) is 0.519. The molecule has 0 radical (unpaired) electrons. The second kappa shape index (κ2) is 6.07. The number of benzene rings is 1. The van der Waals surface area contributed by atoms with Crippen molar-refractivity contribution in [2.45, 2.75) is 19.8 Å². The van der Waals surface area contributed by atoms with Crippen molar-refractivity contribution in [3.8, 4) is 11.8 Å². The fourth-order valence-electron chi connectivity index (χ4n) is 2.21. The molecule has 22 heavy (non-hydrogen) atoms. The highest BCUT2D eigenvalue weighted by Gasteiger charge is 2.21. The second-order valence-electron chi connectivity index (χ2n) is 5.64.